The van der Waals surface area contributed by atoms with E-state index in [1.54, 1.807) is 44.7 Å². The molecule has 2 aliphatic rings. The number of hydrogen-bond donors (Lipinski definition) is 2. The van der Waals surface area contributed by atoms with Gasteiger partial charge in [-0.3, -0.25) is 4.79 Å². The van der Waals surface area contributed by atoms with E-state index < -0.39 is 23.8 Å². The molecule has 1 aromatic carbocycles. The molecule has 1 unspecified atom stereocenters. The van der Waals surface area contributed by atoms with Crippen LogP contribution in [0.1, 0.15) is 76.7 Å². The van der Waals surface area contributed by atoms with E-state index in [0.29, 0.717) is 48.1 Å². The summed E-state index contributed by atoms with van der Waals surface area (Å²) in [7, 11) is 0. The maximum Gasteiger partial charge on any atom is 0.407 e. The van der Waals surface area contributed by atoms with Crippen molar-refractivity contribution < 1.29 is 28.7 Å². The maximum atomic E-state index is 12.4. The topological polar surface area (TPSA) is 132 Å². The average molecular weight is 618 g/mol. The standard InChI is InChI=1S/C34H43N5O6/c1-6-43-31(41)8-7-16-38-20-26-25(27(26)21-38)14-11-23-9-12-24(13-10-23)30-18-28(37-45-30)29(19-36-33(42)44-34(3,4)5)39-17-15-35-32(39)22(2)40/h9-10,12-13,15,17-18,22,25-27,29,40H,6-8,16,19-21H2,1-5H3,(H,36,42)/t22-,25?,26-,27+,29+/m0/s1. The zero-order valence-corrected chi connectivity index (χ0v) is 26.7. The van der Waals surface area contributed by atoms with Crippen LogP contribution >= 0.6 is 0 Å². The van der Waals surface area contributed by atoms with Gasteiger partial charge in [-0.05, 0) is 83.7 Å². The fraction of sp³-hybridized carbons (Fsp3) is 0.529. The minimum atomic E-state index is -0.819. The molecule has 1 saturated carbocycles. The zero-order chi connectivity index (χ0) is 32.1. The highest BCUT2D eigenvalue weighted by molar-refractivity contribution is 5.69. The van der Waals surface area contributed by atoms with E-state index in [2.05, 4.69) is 32.2 Å². The zero-order valence-electron chi connectivity index (χ0n) is 26.7. The van der Waals surface area contributed by atoms with Crippen LogP contribution in [0.3, 0.4) is 0 Å². The Bertz CT molecular complexity index is 1510. The lowest BCUT2D eigenvalue weighted by atomic mass is 10.1. The van der Waals surface area contributed by atoms with Crippen LogP contribution in [0.4, 0.5) is 4.79 Å². The number of fused-ring (bicyclic) bond motifs is 1. The van der Waals surface area contributed by atoms with Gasteiger partial charge in [-0.25, -0.2) is 9.78 Å². The summed E-state index contributed by atoms with van der Waals surface area (Å²) in [5.74, 6) is 9.39. The van der Waals surface area contributed by atoms with Gasteiger partial charge in [0.05, 0.1) is 12.6 Å². The number of carbonyl (C=O) groups excluding carboxylic acids is 2. The second-order valence-corrected chi connectivity index (χ2v) is 12.8. The van der Waals surface area contributed by atoms with Gasteiger partial charge in [0.1, 0.15) is 23.2 Å². The molecule has 45 heavy (non-hydrogen) atoms. The Morgan fingerprint density at radius 1 is 1.20 bits per heavy atom. The van der Waals surface area contributed by atoms with Crippen LogP contribution in [0.5, 0.6) is 0 Å². The first-order valence-corrected chi connectivity index (χ1v) is 15.7. The van der Waals surface area contributed by atoms with Crippen molar-refractivity contribution in [3.05, 3.63) is 59.8 Å². The number of amides is 1. The number of rotatable bonds is 11. The van der Waals surface area contributed by atoms with Gasteiger partial charge >= 0.3 is 12.1 Å². The summed E-state index contributed by atoms with van der Waals surface area (Å²) in [5.41, 5.74) is 1.72. The molecule has 1 saturated heterocycles. The Hall–Kier alpha value is -4.14. The molecule has 5 atom stereocenters. The van der Waals surface area contributed by atoms with Crippen LogP contribution < -0.4 is 5.32 Å². The first-order chi connectivity index (χ1) is 21.5. The summed E-state index contributed by atoms with van der Waals surface area (Å²) in [6, 6.07) is 9.22. The van der Waals surface area contributed by atoms with Crippen molar-refractivity contribution in [3.8, 4) is 23.2 Å². The number of carbonyl (C=O) groups is 2. The van der Waals surface area contributed by atoms with E-state index in [-0.39, 0.29) is 12.5 Å². The molecule has 1 aliphatic carbocycles. The Labute approximate surface area is 264 Å². The Balaban J connectivity index is 1.19. The largest absolute Gasteiger partial charge is 0.466 e. The number of aliphatic hydroxyl groups excluding tert-OH is 1. The summed E-state index contributed by atoms with van der Waals surface area (Å²) in [6.45, 7) is 12.5. The molecule has 11 nitrogen and oxygen atoms in total. The van der Waals surface area contributed by atoms with Crippen molar-refractivity contribution in [2.45, 2.75) is 65.2 Å². The molecule has 0 spiro atoms. The molecule has 0 bridgehead atoms. The van der Waals surface area contributed by atoms with E-state index in [1.165, 1.54) is 0 Å². The third-order valence-electron chi connectivity index (χ3n) is 8.10. The maximum absolute atomic E-state index is 12.4. The predicted octanol–water partition coefficient (Wildman–Crippen LogP) is 4.58. The molecule has 2 aromatic heterocycles. The number of hydrogen-bond acceptors (Lipinski definition) is 9. The molecule has 11 heteroatoms. The molecule has 0 radical (unpaired) electrons. The molecule has 1 amide bonds. The molecule has 2 N–H and O–H groups in total. The first kappa shape index (κ1) is 32.3. The summed E-state index contributed by atoms with van der Waals surface area (Å²) in [5, 5.41) is 17.4. The number of nitrogens with zero attached hydrogens (tertiary/aromatic N) is 4. The number of likely N-dealkylation sites (tertiary alicyclic amines) is 1. The lowest BCUT2D eigenvalue weighted by Crippen LogP contribution is -2.36. The van der Waals surface area contributed by atoms with Crippen LogP contribution in [0.25, 0.3) is 11.3 Å². The summed E-state index contributed by atoms with van der Waals surface area (Å²) < 4.78 is 17.9. The van der Waals surface area contributed by atoms with Gasteiger partial charge in [-0.15, -0.1) is 0 Å². The number of ether oxygens (including phenoxy) is 2. The Morgan fingerprint density at radius 2 is 1.93 bits per heavy atom. The first-order valence-electron chi connectivity index (χ1n) is 15.7. The fourth-order valence-electron chi connectivity index (χ4n) is 5.91. The normalized spacial score (nSPS) is 20.4. The smallest absolute Gasteiger partial charge is 0.407 e. The highest BCUT2D eigenvalue weighted by atomic mass is 16.6. The number of nitrogens with one attached hydrogen (secondary N) is 1. The molecule has 1 aliphatic heterocycles. The molecule has 3 heterocycles. The van der Waals surface area contributed by atoms with Crippen LogP contribution in [0, 0.1) is 29.6 Å². The number of aromatic nitrogens is 3. The van der Waals surface area contributed by atoms with E-state index in [1.807, 2.05) is 37.3 Å². The lowest BCUT2D eigenvalue weighted by Gasteiger charge is -2.23. The SMILES string of the molecule is CCOC(=O)CCCN1C[C@@H]2C(C#Cc3ccc(-c4cc([C@@H](CNC(=O)OC(C)(C)C)n5ccnc5[C@H](C)O)no4)cc3)[C@@H]2C1. The van der Waals surface area contributed by atoms with E-state index in [4.69, 9.17) is 14.0 Å². The van der Waals surface area contributed by atoms with Gasteiger partial charge in [0.2, 0.25) is 0 Å². The molecule has 5 rings (SSSR count). The van der Waals surface area contributed by atoms with Gasteiger partial charge in [0, 0.05) is 61.6 Å². The predicted molar refractivity (Wildman–Crippen MR) is 167 cm³/mol. The van der Waals surface area contributed by atoms with Gasteiger partial charge in [-0.1, -0.05) is 17.0 Å². The number of aliphatic hydroxyl groups is 1. The van der Waals surface area contributed by atoms with Gasteiger partial charge in [-0.2, -0.15) is 0 Å². The Morgan fingerprint density at radius 3 is 2.60 bits per heavy atom. The minimum Gasteiger partial charge on any atom is -0.466 e. The third kappa shape index (κ3) is 8.32. The number of piperidine rings is 1. The number of benzene rings is 1. The van der Waals surface area contributed by atoms with E-state index in [9.17, 15) is 14.7 Å². The molecular weight excluding hydrogens is 574 g/mol. The molecule has 3 aromatic rings. The van der Waals surface area contributed by atoms with Crippen molar-refractivity contribution in [3.63, 3.8) is 0 Å². The Kier molecular flexibility index (Phi) is 9.95. The lowest BCUT2D eigenvalue weighted by molar-refractivity contribution is -0.143. The molecule has 240 valence electrons. The van der Waals surface area contributed by atoms with Gasteiger partial charge in [0.25, 0.3) is 0 Å². The minimum absolute atomic E-state index is 0.113. The monoisotopic (exact) mass is 617 g/mol. The van der Waals surface area contributed by atoms with Gasteiger partial charge < -0.3 is 33.9 Å². The molecule has 2 fully saturated rings. The van der Waals surface area contributed by atoms with Crippen molar-refractivity contribution in [1.82, 2.24) is 24.9 Å². The highest BCUT2D eigenvalue weighted by Crippen LogP contribution is 2.51. The summed E-state index contributed by atoms with van der Waals surface area (Å²) >= 11 is 0. The highest BCUT2D eigenvalue weighted by Gasteiger charge is 2.54. The number of imidazole rings is 1. The van der Waals surface area contributed by atoms with Crippen LogP contribution in [0.15, 0.2) is 47.2 Å². The summed E-state index contributed by atoms with van der Waals surface area (Å²) in [4.78, 5) is 30.7. The van der Waals surface area contributed by atoms with Crippen LogP contribution in [-0.4, -0.2) is 75.2 Å². The summed E-state index contributed by atoms with van der Waals surface area (Å²) in [6.07, 6.45) is 3.29. The van der Waals surface area contributed by atoms with Crippen LogP contribution in [0.2, 0.25) is 0 Å². The second kappa shape index (κ2) is 13.9. The second-order valence-electron chi connectivity index (χ2n) is 12.8. The van der Waals surface area contributed by atoms with Gasteiger partial charge in [0.15, 0.2) is 5.76 Å². The van der Waals surface area contributed by atoms with Crippen molar-refractivity contribution in [1.29, 1.82) is 0 Å². The fourth-order valence-corrected chi connectivity index (χ4v) is 5.91. The number of alkyl carbamates (subject to hydrolysis) is 1. The average Bonchev–Trinajstić information content (AvgIpc) is 3.48. The van der Waals surface area contributed by atoms with Crippen LogP contribution in [-0.2, 0) is 14.3 Å². The van der Waals surface area contributed by atoms with Crippen molar-refractivity contribution in [2.75, 3.05) is 32.8 Å². The third-order valence-corrected chi connectivity index (χ3v) is 8.10. The van der Waals surface area contributed by atoms with E-state index >= 15 is 0 Å². The quantitative estimate of drug-likeness (QED) is 0.234. The van der Waals surface area contributed by atoms with Crippen molar-refractivity contribution >= 4 is 12.1 Å². The number of esters is 1. The van der Waals surface area contributed by atoms with Crippen molar-refractivity contribution in [2.24, 2.45) is 17.8 Å². The van der Waals surface area contributed by atoms with E-state index in [0.717, 1.165) is 37.2 Å². The molecular formula is C34H43N5O6.